The zero-order valence-corrected chi connectivity index (χ0v) is 10.9. The highest BCUT2D eigenvalue weighted by Crippen LogP contribution is 2.29. The lowest BCUT2D eigenvalue weighted by Crippen LogP contribution is -2.25. The third-order valence-corrected chi connectivity index (χ3v) is 4.20. The van der Waals surface area contributed by atoms with E-state index in [1.54, 1.807) is 0 Å². The van der Waals surface area contributed by atoms with E-state index < -0.39 is 0 Å². The van der Waals surface area contributed by atoms with E-state index in [1.165, 1.54) is 41.7 Å². The van der Waals surface area contributed by atoms with Crippen molar-refractivity contribution >= 4 is 11.3 Å². The molecule has 2 aromatic rings. The molecular formula is C14H16N2OS. The van der Waals surface area contributed by atoms with Crippen molar-refractivity contribution in [2.45, 2.75) is 31.8 Å². The number of aryl methyl sites for hydroxylation is 1. The van der Waals surface area contributed by atoms with Crippen LogP contribution in [-0.4, -0.2) is 4.98 Å². The molecule has 94 valence electrons. The highest BCUT2D eigenvalue weighted by molar-refractivity contribution is 7.07. The smallest absolute Gasteiger partial charge is 0.304 e. The highest BCUT2D eigenvalue weighted by atomic mass is 32.1. The third kappa shape index (κ3) is 2.40. The molecule has 0 saturated heterocycles. The first-order valence-corrected chi connectivity index (χ1v) is 7.19. The summed E-state index contributed by atoms with van der Waals surface area (Å²) in [6.45, 7) is 0.734. The molecule has 1 unspecified atom stereocenters. The van der Waals surface area contributed by atoms with Crippen molar-refractivity contribution < 1.29 is 0 Å². The number of benzene rings is 1. The standard InChI is InChI=1S/C14H16N2OS/c17-14-16-11(9-18-14)8-15-13-7-3-5-10-4-1-2-6-12(10)13/h1-2,4,6,9,13,15H,3,5,7-8H2,(H,16,17). The number of thiazole rings is 1. The SMILES string of the molecule is O=c1[nH]c(CNC2CCCc3ccccc32)cs1. The predicted molar refractivity (Wildman–Crippen MR) is 73.9 cm³/mol. The second kappa shape index (κ2) is 5.08. The molecule has 0 saturated carbocycles. The lowest BCUT2D eigenvalue weighted by atomic mass is 9.88. The largest absolute Gasteiger partial charge is 0.315 e. The van der Waals surface area contributed by atoms with E-state index in [0.29, 0.717) is 6.04 Å². The molecule has 0 aliphatic heterocycles. The molecule has 4 heteroatoms. The van der Waals surface area contributed by atoms with Crippen LogP contribution in [0.4, 0.5) is 0 Å². The van der Waals surface area contributed by atoms with Gasteiger partial charge in [0.2, 0.25) is 0 Å². The van der Waals surface area contributed by atoms with Gasteiger partial charge in [-0.2, -0.15) is 0 Å². The number of hydrogen-bond acceptors (Lipinski definition) is 3. The Morgan fingerprint density at radius 3 is 3.11 bits per heavy atom. The Hall–Kier alpha value is -1.39. The Bertz CT molecular complexity index is 587. The number of rotatable bonds is 3. The van der Waals surface area contributed by atoms with E-state index in [-0.39, 0.29) is 4.87 Å². The lowest BCUT2D eigenvalue weighted by molar-refractivity contribution is 0.456. The van der Waals surface area contributed by atoms with Gasteiger partial charge in [-0.05, 0) is 30.4 Å². The predicted octanol–water partition coefficient (Wildman–Crippen LogP) is 2.60. The zero-order chi connectivity index (χ0) is 12.4. The summed E-state index contributed by atoms with van der Waals surface area (Å²) in [5, 5.41) is 5.44. The Labute approximate surface area is 110 Å². The van der Waals surface area contributed by atoms with Crippen LogP contribution in [-0.2, 0) is 13.0 Å². The maximum absolute atomic E-state index is 11.1. The molecule has 0 spiro atoms. The number of aromatic amines is 1. The van der Waals surface area contributed by atoms with E-state index in [9.17, 15) is 4.79 Å². The van der Waals surface area contributed by atoms with Gasteiger partial charge in [-0.25, -0.2) is 0 Å². The summed E-state index contributed by atoms with van der Waals surface area (Å²) >= 11 is 1.23. The van der Waals surface area contributed by atoms with Crippen molar-refractivity contribution in [1.82, 2.24) is 10.3 Å². The molecule has 3 nitrogen and oxygen atoms in total. The summed E-state index contributed by atoms with van der Waals surface area (Å²) in [5.74, 6) is 0. The monoisotopic (exact) mass is 260 g/mol. The molecule has 0 radical (unpaired) electrons. The molecule has 2 N–H and O–H groups in total. The van der Waals surface area contributed by atoms with Crippen molar-refractivity contribution in [3.63, 3.8) is 0 Å². The first-order chi connectivity index (χ1) is 8.83. The Kier molecular flexibility index (Phi) is 3.30. The molecule has 0 amide bonds. The molecular weight excluding hydrogens is 244 g/mol. The fourth-order valence-corrected chi connectivity index (χ4v) is 3.18. The minimum absolute atomic E-state index is 0.0239. The zero-order valence-electron chi connectivity index (χ0n) is 10.1. The number of hydrogen-bond donors (Lipinski definition) is 2. The molecule has 1 aliphatic rings. The van der Waals surface area contributed by atoms with Crippen LogP contribution in [0.1, 0.15) is 35.7 Å². The average Bonchev–Trinajstić information content (AvgIpc) is 2.82. The molecule has 1 atom stereocenters. The van der Waals surface area contributed by atoms with Gasteiger partial charge in [0, 0.05) is 23.7 Å². The minimum Gasteiger partial charge on any atom is -0.315 e. The summed E-state index contributed by atoms with van der Waals surface area (Å²) in [5.41, 5.74) is 3.86. The van der Waals surface area contributed by atoms with Crippen LogP contribution in [0.15, 0.2) is 34.4 Å². The topological polar surface area (TPSA) is 44.9 Å². The summed E-state index contributed by atoms with van der Waals surface area (Å²) < 4.78 is 0. The quantitative estimate of drug-likeness (QED) is 0.891. The molecule has 0 fully saturated rings. The maximum atomic E-state index is 11.1. The second-order valence-corrected chi connectivity index (χ2v) is 5.54. The van der Waals surface area contributed by atoms with Gasteiger partial charge in [-0.3, -0.25) is 4.79 Å². The highest BCUT2D eigenvalue weighted by Gasteiger charge is 2.18. The fourth-order valence-electron chi connectivity index (χ4n) is 2.60. The molecule has 1 aromatic carbocycles. The molecule has 1 heterocycles. The van der Waals surface area contributed by atoms with Crippen LogP contribution in [0.5, 0.6) is 0 Å². The van der Waals surface area contributed by atoms with Gasteiger partial charge >= 0.3 is 4.87 Å². The lowest BCUT2D eigenvalue weighted by Gasteiger charge is -2.26. The van der Waals surface area contributed by atoms with Crippen molar-refractivity contribution in [2.24, 2.45) is 0 Å². The van der Waals surface area contributed by atoms with Gasteiger partial charge in [0.05, 0.1) is 0 Å². The fraction of sp³-hybridized carbons (Fsp3) is 0.357. The van der Waals surface area contributed by atoms with E-state index in [0.717, 1.165) is 12.2 Å². The molecule has 1 aliphatic carbocycles. The van der Waals surface area contributed by atoms with Gasteiger partial charge in [-0.15, -0.1) is 0 Å². The maximum Gasteiger partial charge on any atom is 0.304 e. The number of nitrogens with one attached hydrogen (secondary N) is 2. The van der Waals surface area contributed by atoms with Crippen molar-refractivity contribution in [1.29, 1.82) is 0 Å². The first kappa shape index (κ1) is 11.7. The Morgan fingerprint density at radius 1 is 1.39 bits per heavy atom. The Morgan fingerprint density at radius 2 is 2.28 bits per heavy atom. The first-order valence-electron chi connectivity index (χ1n) is 6.31. The van der Waals surface area contributed by atoms with Crippen LogP contribution in [0, 0.1) is 0 Å². The molecule has 0 bridgehead atoms. The van der Waals surface area contributed by atoms with Gasteiger partial charge < -0.3 is 10.3 Å². The summed E-state index contributed by atoms with van der Waals surface area (Å²) in [4.78, 5) is 13.9. The summed E-state index contributed by atoms with van der Waals surface area (Å²) in [7, 11) is 0. The number of H-pyrrole nitrogens is 1. The van der Waals surface area contributed by atoms with Crippen molar-refractivity contribution in [3.05, 3.63) is 56.1 Å². The summed E-state index contributed by atoms with van der Waals surface area (Å²) in [6.07, 6.45) is 3.59. The van der Waals surface area contributed by atoms with Crippen molar-refractivity contribution in [2.75, 3.05) is 0 Å². The number of aromatic nitrogens is 1. The minimum atomic E-state index is 0.0239. The van der Waals surface area contributed by atoms with Crippen LogP contribution in [0.25, 0.3) is 0 Å². The van der Waals surface area contributed by atoms with Gasteiger partial charge in [0.1, 0.15) is 0 Å². The second-order valence-electron chi connectivity index (χ2n) is 4.70. The van der Waals surface area contributed by atoms with Crippen LogP contribution >= 0.6 is 11.3 Å². The van der Waals surface area contributed by atoms with Gasteiger partial charge in [-0.1, -0.05) is 35.6 Å². The van der Waals surface area contributed by atoms with E-state index in [2.05, 4.69) is 34.6 Å². The normalized spacial score (nSPS) is 18.6. The Balaban J connectivity index is 1.72. The third-order valence-electron chi connectivity index (χ3n) is 3.48. The van der Waals surface area contributed by atoms with E-state index >= 15 is 0 Å². The van der Waals surface area contributed by atoms with E-state index in [4.69, 9.17) is 0 Å². The average molecular weight is 260 g/mol. The van der Waals surface area contributed by atoms with E-state index in [1.807, 2.05) is 5.38 Å². The van der Waals surface area contributed by atoms with Crippen LogP contribution < -0.4 is 10.2 Å². The van der Waals surface area contributed by atoms with Gasteiger partial charge in [0.25, 0.3) is 0 Å². The van der Waals surface area contributed by atoms with Crippen LogP contribution in [0.3, 0.4) is 0 Å². The van der Waals surface area contributed by atoms with Gasteiger partial charge in [0.15, 0.2) is 0 Å². The molecule has 18 heavy (non-hydrogen) atoms. The molecule has 3 rings (SSSR count). The summed E-state index contributed by atoms with van der Waals surface area (Å²) in [6, 6.07) is 9.06. The van der Waals surface area contributed by atoms with Crippen LogP contribution in [0.2, 0.25) is 0 Å². The molecule has 1 aromatic heterocycles. The number of fused-ring (bicyclic) bond motifs is 1. The van der Waals surface area contributed by atoms with Crippen molar-refractivity contribution in [3.8, 4) is 0 Å².